The minimum absolute atomic E-state index is 0.722. The van der Waals surface area contributed by atoms with Crippen LogP contribution in [0, 0.1) is 0 Å². The summed E-state index contributed by atoms with van der Waals surface area (Å²) in [6.45, 7) is 1.75. The van der Waals surface area contributed by atoms with Crippen LogP contribution in [-0.4, -0.2) is 47.1 Å². The number of benzene rings is 1. The van der Waals surface area contributed by atoms with E-state index >= 15 is 0 Å². The van der Waals surface area contributed by atoms with Crippen molar-refractivity contribution in [3.05, 3.63) is 41.0 Å². The van der Waals surface area contributed by atoms with Gasteiger partial charge in [-0.2, -0.15) is 0 Å². The third-order valence-electron chi connectivity index (χ3n) is 3.45. The lowest BCUT2D eigenvalue weighted by Gasteiger charge is -2.10. The maximum atomic E-state index is 5.75. The Morgan fingerprint density at radius 1 is 1.22 bits per heavy atom. The fourth-order valence-corrected chi connectivity index (χ4v) is 2.61. The number of hydrogen-bond donors (Lipinski definition) is 1. The van der Waals surface area contributed by atoms with E-state index in [-0.39, 0.29) is 0 Å². The summed E-state index contributed by atoms with van der Waals surface area (Å²) in [6, 6.07) is 9.91. The number of H-pyrrole nitrogens is 1. The van der Waals surface area contributed by atoms with E-state index in [1.54, 1.807) is 6.20 Å². The van der Waals surface area contributed by atoms with Crippen LogP contribution >= 0.6 is 15.9 Å². The SMILES string of the molecule is CN(C)CCCOc1ccc(-c2nc3cc(Br)cnc3[nH]2)cc1. The lowest BCUT2D eigenvalue weighted by Crippen LogP contribution is -2.15. The van der Waals surface area contributed by atoms with Gasteiger partial charge in [0, 0.05) is 22.8 Å². The van der Waals surface area contributed by atoms with E-state index in [9.17, 15) is 0 Å². The number of nitrogens with one attached hydrogen (secondary N) is 1. The van der Waals surface area contributed by atoms with Gasteiger partial charge in [0.25, 0.3) is 0 Å². The Morgan fingerprint density at radius 3 is 2.74 bits per heavy atom. The average molecular weight is 375 g/mol. The number of ether oxygens (including phenoxy) is 1. The average Bonchev–Trinajstić information content (AvgIpc) is 2.95. The van der Waals surface area contributed by atoms with Crippen LogP contribution in [0.5, 0.6) is 5.75 Å². The first kappa shape index (κ1) is 16.0. The molecule has 0 aliphatic heterocycles. The van der Waals surface area contributed by atoms with E-state index < -0.39 is 0 Å². The highest BCUT2D eigenvalue weighted by atomic mass is 79.9. The van der Waals surface area contributed by atoms with E-state index in [4.69, 9.17) is 4.74 Å². The number of imidazole rings is 1. The summed E-state index contributed by atoms with van der Waals surface area (Å²) in [5.41, 5.74) is 2.64. The molecule has 0 saturated heterocycles. The number of halogens is 1. The zero-order valence-electron chi connectivity index (χ0n) is 13.2. The van der Waals surface area contributed by atoms with Gasteiger partial charge >= 0.3 is 0 Å². The largest absolute Gasteiger partial charge is 0.494 e. The molecule has 6 heteroatoms. The zero-order valence-corrected chi connectivity index (χ0v) is 14.8. The molecule has 0 fully saturated rings. The van der Waals surface area contributed by atoms with Gasteiger partial charge in [-0.15, -0.1) is 0 Å². The van der Waals surface area contributed by atoms with Gasteiger partial charge in [-0.05, 0) is 66.8 Å². The summed E-state index contributed by atoms with van der Waals surface area (Å²) in [5, 5.41) is 0. The Balaban J connectivity index is 1.68. The maximum absolute atomic E-state index is 5.75. The van der Waals surface area contributed by atoms with E-state index in [0.717, 1.165) is 52.3 Å². The molecule has 2 heterocycles. The van der Waals surface area contributed by atoms with Gasteiger partial charge in [-0.3, -0.25) is 0 Å². The number of hydrogen-bond acceptors (Lipinski definition) is 4. The number of aromatic nitrogens is 3. The first-order chi connectivity index (χ1) is 11.1. The van der Waals surface area contributed by atoms with Gasteiger partial charge in [0.1, 0.15) is 17.1 Å². The minimum Gasteiger partial charge on any atom is -0.494 e. The van der Waals surface area contributed by atoms with E-state index in [1.165, 1.54) is 0 Å². The second-order valence-electron chi connectivity index (χ2n) is 5.64. The number of rotatable bonds is 6. The molecule has 120 valence electrons. The molecule has 0 spiro atoms. The first-order valence-electron chi connectivity index (χ1n) is 7.51. The van der Waals surface area contributed by atoms with Crippen molar-refractivity contribution in [1.82, 2.24) is 19.9 Å². The van der Waals surface area contributed by atoms with Crippen LogP contribution in [-0.2, 0) is 0 Å². The molecule has 2 aromatic heterocycles. The number of pyridine rings is 1. The van der Waals surface area contributed by atoms with Crippen molar-refractivity contribution in [2.75, 3.05) is 27.2 Å². The molecular weight excluding hydrogens is 356 g/mol. The summed E-state index contributed by atoms with van der Waals surface area (Å²) < 4.78 is 6.67. The van der Waals surface area contributed by atoms with E-state index in [2.05, 4.69) is 49.9 Å². The molecule has 0 bridgehead atoms. The maximum Gasteiger partial charge on any atom is 0.157 e. The van der Waals surface area contributed by atoms with E-state index in [1.807, 2.05) is 30.3 Å². The second-order valence-corrected chi connectivity index (χ2v) is 6.55. The molecule has 1 N–H and O–H groups in total. The molecule has 0 amide bonds. The Kier molecular flexibility index (Phi) is 4.93. The molecule has 0 unspecified atom stereocenters. The molecule has 0 aliphatic carbocycles. The molecule has 3 aromatic rings. The van der Waals surface area contributed by atoms with Crippen LogP contribution in [0.4, 0.5) is 0 Å². The van der Waals surface area contributed by atoms with Gasteiger partial charge in [0.15, 0.2) is 5.65 Å². The van der Waals surface area contributed by atoms with Crippen molar-refractivity contribution < 1.29 is 4.74 Å². The molecule has 0 aliphatic rings. The quantitative estimate of drug-likeness (QED) is 0.668. The summed E-state index contributed by atoms with van der Waals surface area (Å²) >= 11 is 3.41. The summed E-state index contributed by atoms with van der Waals surface area (Å²) in [5.74, 6) is 1.69. The van der Waals surface area contributed by atoms with Crippen LogP contribution in [0.3, 0.4) is 0 Å². The summed E-state index contributed by atoms with van der Waals surface area (Å²) in [4.78, 5) is 14.3. The number of aromatic amines is 1. The monoisotopic (exact) mass is 374 g/mol. The van der Waals surface area contributed by atoms with Crippen molar-refractivity contribution in [3.8, 4) is 17.1 Å². The Bertz CT molecular complexity index is 783. The van der Waals surface area contributed by atoms with Crippen molar-refractivity contribution in [1.29, 1.82) is 0 Å². The van der Waals surface area contributed by atoms with E-state index in [0.29, 0.717) is 0 Å². The summed E-state index contributed by atoms with van der Waals surface area (Å²) in [6.07, 6.45) is 2.77. The molecule has 0 atom stereocenters. The van der Waals surface area contributed by atoms with Crippen LogP contribution in [0.1, 0.15) is 6.42 Å². The van der Waals surface area contributed by atoms with Crippen molar-refractivity contribution >= 4 is 27.1 Å². The summed E-state index contributed by atoms with van der Waals surface area (Å²) in [7, 11) is 4.13. The van der Waals surface area contributed by atoms with Gasteiger partial charge in [0.05, 0.1) is 6.61 Å². The van der Waals surface area contributed by atoms with Gasteiger partial charge in [0.2, 0.25) is 0 Å². The van der Waals surface area contributed by atoms with Crippen molar-refractivity contribution in [2.45, 2.75) is 6.42 Å². The topological polar surface area (TPSA) is 54.0 Å². The number of fused-ring (bicyclic) bond motifs is 1. The predicted molar refractivity (Wildman–Crippen MR) is 95.7 cm³/mol. The molecule has 3 rings (SSSR count). The van der Waals surface area contributed by atoms with Crippen LogP contribution in [0.25, 0.3) is 22.6 Å². The highest BCUT2D eigenvalue weighted by Crippen LogP contribution is 2.23. The van der Waals surface area contributed by atoms with Crippen LogP contribution in [0.15, 0.2) is 41.0 Å². The van der Waals surface area contributed by atoms with Gasteiger partial charge in [-0.1, -0.05) is 0 Å². The Morgan fingerprint density at radius 2 is 2.00 bits per heavy atom. The predicted octanol–water partition coefficient (Wildman–Crippen LogP) is 3.72. The third-order valence-corrected chi connectivity index (χ3v) is 3.88. The first-order valence-corrected chi connectivity index (χ1v) is 8.30. The fraction of sp³-hybridized carbons (Fsp3) is 0.294. The van der Waals surface area contributed by atoms with Gasteiger partial charge in [-0.25, -0.2) is 9.97 Å². The van der Waals surface area contributed by atoms with Crippen LogP contribution < -0.4 is 4.74 Å². The van der Waals surface area contributed by atoms with Crippen LogP contribution in [0.2, 0.25) is 0 Å². The third kappa shape index (κ3) is 4.09. The lowest BCUT2D eigenvalue weighted by atomic mass is 10.2. The fourth-order valence-electron chi connectivity index (χ4n) is 2.29. The molecule has 1 aromatic carbocycles. The second kappa shape index (κ2) is 7.10. The molecule has 23 heavy (non-hydrogen) atoms. The zero-order chi connectivity index (χ0) is 16.2. The molecule has 0 saturated carbocycles. The van der Waals surface area contributed by atoms with Crippen molar-refractivity contribution in [2.24, 2.45) is 0 Å². The van der Waals surface area contributed by atoms with Gasteiger partial charge < -0.3 is 14.6 Å². The Labute approximate surface area is 143 Å². The Hall–Kier alpha value is -1.92. The van der Waals surface area contributed by atoms with Crippen molar-refractivity contribution in [3.63, 3.8) is 0 Å². The smallest absolute Gasteiger partial charge is 0.157 e. The normalized spacial score (nSPS) is 11.3. The number of nitrogens with zero attached hydrogens (tertiary/aromatic N) is 3. The highest BCUT2D eigenvalue weighted by molar-refractivity contribution is 9.10. The highest BCUT2D eigenvalue weighted by Gasteiger charge is 2.07. The molecular formula is C17H19BrN4O. The molecule has 5 nitrogen and oxygen atoms in total. The minimum atomic E-state index is 0.722. The standard InChI is InChI=1S/C17H19BrN4O/c1-22(2)8-3-9-23-14-6-4-12(5-7-14)16-20-15-10-13(18)11-19-17(15)21-16/h4-7,10-11H,3,8-9H2,1-2H3,(H,19,20,21). The lowest BCUT2D eigenvalue weighted by molar-refractivity contribution is 0.281. The molecule has 0 radical (unpaired) electrons.